The van der Waals surface area contributed by atoms with Crippen molar-refractivity contribution in [2.24, 2.45) is 0 Å². The van der Waals surface area contributed by atoms with Crippen LogP contribution in [0.15, 0.2) is 24.3 Å². The fraction of sp³-hybridized carbons (Fsp3) is 0.429. The smallest absolute Gasteiger partial charge is 0.270 e. The quantitative estimate of drug-likeness (QED) is 0.834. The van der Waals surface area contributed by atoms with E-state index in [1.165, 1.54) is 25.5 Å². The molecule has 0 aliphatic carbocycles. The van der Waals surface area contributed by atoms with Crippen molar-refractivity contribution in [1.82, 2.24) is 9.88 Å². The molecule has 5 nitrogen and oxygen atoms in total. The summed E-state index contributed by atoms with van der Waals surface area (Å²) < 4.78 is 0. The van der Waals surface area contributed by atoms with Crippen LogP contribution < -0.4 is 4.90 Å². The number of Topliss-reactive ketones (excluding diaryl/α,β-unsaturated/α-hetero) is 1. The second-order valence-corrected chi connectivity index (χ2v) is 7.17. The lowest BCUT2D eigenvalue weighted by molar-refractivity contribution is 0.0779. The largest absolute Gasteiger partial charge is 0.371 e. The Balaban J connectivity index is 1.83. The van der Waals surface area contributed by atoms with Crippen LogP contribution in [0.3, 0.4) is 0 Å². The molecular weight excluding hydrogens is 326 g/mol. The number of amides is 1. The fourth-order valence-corrected chi connectivity index (χ4v) is 3.92. The summed E-state index contributed by atoms with van der Waals surface area (Å²) >= 11 is 0. The third kappa shape index (κ3) is 3.39. The van der Waals surface area contributed by atoms with Gasteiger partial charge in [0.25, 0.3) is 5.91 Å². The summed E-state index contributed by atoms with van der Waals surface area (Å²) in [4.78, 5) is 32.0. The molecule has 1 saturated heterocycles. The maximum absolute atomic E-state index is 13.0. The average Bonchev–Trinajstić information content (AvgIpc) is 3.22. The lowest BCUT2D eigenvalue weighted by atomic mass is 10.1. The van der Waals surface area contributed by atoms with E-state index in [4.69, 9.17) is 0 Å². The predicted molar refractivity (Wildman–Crippen MR) is 104 cm³/mol. The Labute approximate surface area is 155 Å². The van der Waals surface area contributed by atoms with Gasteiger partial charge in [0.2, 0.25) is 0 Å². The number of para-hydroxylation sites is 1. The zero-order valence-electron chi connectivity index (χ0n) is 16.1. The van der Waals surface area contributed by atoms with Crippen molar-refractivity contribution >= 4 is 17.4 Å². The second-order valence-electron chi connectivity index (χ2n) is 7.17. The van der Waals surface area contributed by atoms with Crippen molar-refractivity contribution in [1.29, 1.82) is 0 Å². The molecule has 5 heteroatoms. The van der Waals surface area contributed by atoms with Crippen LogP contribution in [-0.2, 0) is 6.54 Å². The minimum Gasteiger partial charge on any atom is -0.371 e. The van der Waals surface area contributed by atoms with Crippen LogP contribution in [0.25, 0.3) is 0 Å². The minimum atomic E-state index is -0.0886. The Morgan fingerprint density at radius 2 is 1.81 bits per heavy atom. The molecule has 1 fully saturated rings. The van der Waals surface area contributed by atoms with E-state index in [1.807, 2.05) is 27.0 Å². The molecule has 1 amide bonds. The fourth-order valence-electron chi connectivity index (χ4n) is 3.92. The molecule has 0 unspecified atom stereocenters. The number of hydrogen-bond donors (Lipinski definition) is 1. The summed E-state index contributed by atoms with van der Waals surface area (Å²) in [5, 5.41) is 0. The van der Waals surface area contributed by atoms with Gasteiger partial charge in [-0.15, -0.1) is 0 Å². The van der Waals surface area contributed by atoms with Crippen LogP contribution in [0.5, 0.6) is 0 Å². The van der Waals surface area contributed by atoms with Crippen molar-refractivity contribution in [3.63, 3.8) is 0 Å². The molecule has 1 aromatic carbocycles. The number of ketones is 1. The van der Waals surface area contributed by atoms with Gasteiger partial charge in [-0.2, -0.15) is 0 Å². The van der Waals surface area contributed by atoms with E-state index in [-0.39, 0.29) is 11.7 Å². The molecular formula is C21H27N3O2. The summed E-state index contributed by atoms with van der Waals surface area (Å²) in [6.07, 6.45) is 2.44. The normalized spacial score (nSPS) is 13.9. The average molecular weight is 353 g/mol. The first-order valence-corrected chi connectivity index (χ1v) is 9.18. The van der Waals surface area contributed by atoms with Crippen molar-refractivity contribution in [3.05, 3.63) is 52.3 Å². The van der Waals surface area contributed by atoms with Crippen LogP contribution in [0.1, 0.15) is 57.4 Å². The number of nitrogens with zero attached hydrogens (tertiary/aromatic N) is 2. The lowest BCUT2D eigenvalue weighted by Gasteiger charge is -2.24. The Morgan fingerprint density at radius 3 is 2.42 bits per heavy atom. The third-order valence-electron chi connectivity index (χ3n) is 5.20. The number of carbonyl (C=O) groups is 2. The first kappa shape index (κ1) is 18.2. The third-order valence-corrected chi connectivity index (χ3v) is 5.20. The molecule has 3 rings (SSSR count). The monoisotopic (exact) mass is 353 g/mol. The van der Waals surface area contributed by atoms with Gasteiger partial charge < -0.3 is 14.8 Å². The van der Waals surface area contributed by atoms with Gasteiger partial charge in [0.1, 0.15) is 5.69 Å². The minimum absolute atomic E-state index is 0.0164. The zero-order valence-corrected chi connectivity index (χ0v) is 16.1. The number of nitrogens with one attached hydrogen (secondary N) is 1. The van der Waals surface area contributed by atoms with Gasteiger partial charge in [-0.3, -0.25) is 9.59 Å². The second kappa shape index (κ2) is 7.36. The van der Waals surface area contributed by atoms with E-state index in [1.54, 1.807) is 4.90 Å². The molecule has 2 heterocycles. The number of hydrogen-bond acceptors (Lipinski definition) is 3. The van der Waals surface area contributed by atoms with E-state index in [9.17, 15) is 9.59 Å². The highest BCUT2D eigenvalue weighted by molar-refractivity contribution is 6.02. The van der Waals surface area contributed by atoms with Gasteiger partial charge in [-0.05, 0) is 50.8 Å². The molecule has 0 atom stereocenters. The standard InChI is InChI=1S/C21H27N3O2/c1-14-19(16(3)25)15(2)22-20(14)21(26)23(4)13-17-9-5-6-10-18(17)24-11-7-8-12-24/h5-6,9-10,22H,7-8,11-13H2,1-4H3. The van der Waals surface area contributed by atoms with Crippen LogP contribution in [-0.4, -0.2) is 41.7 Å². The van der Waals surface area contributed by atoms with E-state index in [0.29, 0.717) is 17.8 Å². The summed E-state index contributed by atoms with van der Waals surface area (Å²) in [7, 11) is 1.81. The Morgan fingerprint density at radius 1 is 1.15 bits per heavy atom. The maximum atomic E-state index is 13.0. The number of carbonyl (C=O) groups excluding carboxylic acids is 2. The number of aromatic amines is 1. The highest BCUT2D eigenvalue weighted by atomic mass is 16.2. The lowest BCUT2D eigenvalue weighted by Crippen LogP contribution is -2.28. The molecule has 26 heavy (non-hydrogen) atoms. The van der Waals surface area contributed by atoms with Gasteiger partial charge in [0, 0.05) is 43.6 Å². The van der Waals surface area contributed by atoms with Gasteiger partial charge in [-0.25, -0.2) is 0 Å². The van der Waals surface area contributed by atoms with Crippen LogP contribution in [0.4, 0.5) is 5.69 Å². The molecule has 0 radical (unpaired) electrons. The van der Waals surface area contributed by atoms with Crippen LogP contribution in [0, 0.1) is 13.8 Å². The zero-order chi connectivity index (χ0) is 18.8. The molecule has 1 aliphatic rings. The van der Waals surface area contributed by atoms with E-state index < -0.39 is 0 Å². The van der Waals surface area contributed by atoms with Gasteiger partial charge in [0.05, 0.1) is 0 Å². The number of benzene rings is 1. The van der Waals surface area contributed by atoms with Gasteiger partial charge >= 0.3 is 0 Å². The Kier molecular flexibility index (Phi) is 5.16. The van der Waals surface area contributed by atoms with Crippen molar-refractivity contribution in [3.8, 4) is 0 Å². The summed E-state index contributed by atoms with van der Waals surface area (Å²) in [5.74, 6) is -0.105. The first-order chi connectivity index (χ1) is 12.4. The summed E-state index contributed by atoms with van der Waals surface area (Å²) in [6, 6.07) is 8.30. The molecule has 1 N–H and O–H groups in total. The molecule has 2 aromatic rings. The van der Waals surface area contributed by atoms with E-state index in [0.717, 1.165) is 29.9 Å². The molecule has 1 aromatic heterocycles. The van der Waals surface area contributed by atoms with Crippen LogP contribution in [0.2, 0.25) is 0 Å². The van der Waals surface area contributed by atoms with E-state index in [2.05, 4.69) is 28.1 Å². The van der Waals surface area contributed by atoms with Gasteiger partial charge in [-0.1, -0.05) is 18.2 Å². The van der Waals surface area contributed by atoms with Crippen LogP contribution >= 0.6 is 0 Å². The summed E-state index contributed by atoms with van der Waals surface area (Å²) in [5.41, 5.74) is 4.99. The number of aromatic nitrogens is 1. The molecule has 0 saturated carbocycles. The molecule has 0 bridgehead atoms. The predicted octanol–water partition coefficient (Wildman–Crippen LogP) is 3.71. The topological polar surface area (TPSA) is 56.4 Å². The van der Waals surface area contributed by atoms with Crippen molar-refractivity contribution < 1.29 is 9.59 Å². The highest BCUT2D eigenvalue weighted by Gasteiger charge is 2.23. The Hall–Kier alpha value is -2.56. The highest BCUT2D eigenvalue weighted by Crippen LogP contribution is 2.26. The van der Waals surface area contributed by atoms with Crippen molar-refractivity contribution in [2.75, 3.05) is 25.0 Å². The summed E-state index contributed by atoms with van der Waals surface area (Å²) in [6.45, 7) is 7.89. The van der Waals surface area contributed by atoms with Crippen molar-refractivity contribution in [2.45, 2.75) is 40.2 Å². The number of H-pyrrole nitrogens is 1. The molecule has 0 spiro atoms. The molecule has 1 aliphatic heterocycles. The Bertz CT molecular complexity index is 832. The number of rotatable bonds is 5. The van der Waals surface area contributed by atoms with Gasteiger partial charge in [0.15, 0.2) is 5.78 Å². The number of anilines is 1. The first-order valence-electron chi connectivity index (χ1n) is 9.18. The number of aryl methyl sites for hydroxylation is 1. The SMILES string of the molecule is CC(=O)c1c(C)[nH]c(C(=O)N(C)Cc2ccccc2N2CCCC2)c1C. The molecule has 138 valence electrons. The van der Waals surface area contributed by atoms with E-state index >= 15 is 0 Å². The maximum Gasteiger partial charge on any atom is 0.270 e.